The Morgan fingerprint density at radius 2 is 1.75 bits per heavy atom. The lowest BCUT2D eigenvalue weighted by atomic mass is 9.83. The molecular weight excluding hydrogens is 270 g/mol. The van der Waals surface area contributed by atoms with Gasteiger partial charge >= 0.3 is 13.3 Å². The molecule has 1 aromatic rings. The molecule has 0 radical (unpaired) electrons. The fourth-order valence-electron chi connectivity index (χ4n) is 1.66. The van der Waals surface area contributed by atoms with Crippen LogP contribution in [0.4, 0.5) is 13.2 Å². The maximum Gasteiger partial charge on any atom is 0.514 e. The zero-order chi connectivity index (χ0) is 19.6. The SMILES string of the molecule is [2H]c1c(B2OC(C)(C)C(C)(C)O2)nc(C(F)(F)F)c(C([2H])([2H])[2H])c1[2H]. The molecule has 1 fully saturated rings. The van der Waals surface area contributed by atoms with Crippen molar-refractivity contribution in [2.45, 2.75) is 51.9 Å². The molecule has 2 rings (SSSR count). The van der Waals surface area contributed by atoms with Gasteiger partial charge in [-0.15, -0.1) is 0 Å². The van der Waals surface area contributed by atoms with E-state index in [-0.39, 0.29) is 0 Å². The summed E-state index contributed by atoms with van der Waals surface area (Å²) in [4.78, 5) is 3.34. The molecule has 0 spiro atoms. The van der Waals surface area contributed by atoms with Crippen molar-refractivity contribution < 1.29 is 29.3 Å². The summed E-state index contributed by atoms with van der Waals surface area (Å²) >= 11 is 0. The van der Waals surface area contributed by atoms with Crippen LogP contribution in [0.1, 0.15) is 45.8 Å². The summed E-state index contributed by atoms with van der Waals surface area (Å²) in [5.41, 5.74) is -5.38. The van der Waals surface area contributed by atoms with Crippen molar-refractivity contribution >= 4 is 12.7 Å². The van der Waals surface area contributed by atoms with E-state index in [4.69, 9.17) is 16.2 Å². The summed E-state index contributed by atoms with van der Waals surface area (Å²) in [5.74, 6) is 0. The smallest absolute Gasteiger partial charge is 0.398 e. The fraction of sp³-hybridized carbons (Fsp3) is 0.615. The van der Waals surface area contributed by atoms with E-state index >= 15 is 0 Å². The normalized spacial score (nSPS) is 25.6. The summed E-state index contributed by atoms with van der Waals surface area (Å²) in [6.07, 6.45) is -5.11. The van der Waals surface area contributed by atoms with Gasteiger partial charge in [0.2, 0.25) is 0 Å². The Morgan fingerprint density at radius 1 is 1.20 bits per heavy atom. The Hall–Kier alpha value is -1.08. The second kappa shape index (κ2) is 4.46. The van der Waals surface area contributed by atoms with Gasteiger partial charge < -0.3 is 9.31 Å². The maximum atomic E-state index is 13.3. The molecule has 20 heavy (non-hydrogen) atoms. The van der Waals surface area contributed by atoms with E-state index in [0.29, 0.717) is 0 Å². The summed E-state index contributed by atoms with van der Waals surface area (Å²) in [6.45, 7) is 3.43. The Bertz CT molecular complexity index is 690. The molecule has 0 bridgehead atoms. The van der Waals surface area contributed by atoms with Crippen molar-refractivity contribution in [2.24, 2.45) is 0 Å². The van der Waals surface area contributed by atoms with Crippen LogP contribution in [0.25, 0.3) is 0 Å². The quantitative estimate of drug-likeness (QED) is 0.746. The number of pyridine rings is 1. The monoisotopic (exact) mass is 292 g/mol. The molecule has 1 aliphatic rings. The third-order valence-corrected chi connectivity index (χ3v) is 3.53. The van der Waals surface area contributed by atoms with Gasteiger partial charge in [0.05, 0.1) is 19.5 Å². The molecule has 110 valence electrons. The van der Waals surface area contributed by atoms with Gasteiger partial charge in [-0.05, 0) is 46.2 Å². The molecule has 1 aliphatic heterocycles. The van der Waals surface area contributed by atoms with Gasteiger partial charge in [0, 0.05) is 4.11 Å². The van der Waals surface area contributed by atoms with Crippen molar-refractivity contribution in [1.82, 2.24) is 4.98 Å². The molecule has 2 heterocycles. The number of aromatic nitrogens is 1. The van der Waals surface area contributed by atoms with Crippen molar-refractivity contribution in [3.63, 3.8) is 0 Å². The highest BCUT2D eigenvalue weighted by molar-refractivity contribution is 6.61. The number of rotatable bonds is 1. The van der Waals surface area contributed by atoms with E-state index in [9.17, 15) is 13.2 Å². The van der Waals surface area contributed by atoms with Gasteiger partial charge in [-0.3, -0.25) is 4.98 Å². The van der Waals surface area contributed by atoms with Gasteiger partial charge in [0.25, 0.3) is 0 Å². The fourth-order valence-corrected chi connectivity index (χ4v) is 1.66. The summed E-state index contributed by atoms with van der Waals surface area (Å²) in [6, 6.07) is -1.83. The average Bonchev–Trinajstić information content (AvgIpc) is 2.58. The number of alkyl halides is 3. The molecule has 1 saturated heterocycles. The van der Waals surface area contributed by atoms with Crippen molar-refractivity contribution in [1.29, 1.82) is 0 Å². The van der Waals surface area contributed by atoms with Crippen LogP contribution in [-0.4, -0.2) is 23.3 Å². The average molecular weight is 292 g/mol. The molecule has 7 heteroatoms. The maximum absolute atomic E-state index is 13.3. The second-order valence-corrected chi connectivity index (χ2v) is 5.56. The molecule has 1 aromatic heterocycles. The Morgan fingerprint density at radius 3 is 2.20 bits per heavy atom. The predicted octanol–water partition coefficient (Wildman–Crippen LogP) is 2.71. The van der Waals surface area contributed by atoms with E-state index in [2.05, 4.69) is 4.98 Å². The highest BCUT2D eigenvalue weighted by atomic mass is 19.4. The second-order valence-electron chi connectivity index (χ2n) is 5.56. The molecule has 3 nitrogen and oxygen atoms in total. The Kier molecular flexibility index (Phi) is 2.18. The van der Waals surface area contributed by atoms with Crippen LogP contribution in [0.5, 0.6) is 0 Å². The summed E-state index contributed by atoms with van der Waals surface area (Å²) in [7, 11) is -1.41. The highest BCUT2D eigenvalue weighted by Gasteiger charge is 2.52. The minimum atomic E-state index is -5.11. The lowest BCUT2D eigenvalue weighted by Gasteiger charge is -2.32. The van der Waals surface area contributed by atoms with Crippen molar-refractivity contribution in [3.05, 3.63) is 23.3 Å². The number of halogens is 3. The lowest BCUT2D eigenvalue weighted by Crippen LogP contribution is -2.41. The minimum Gasteiger partial charge on any atom is -0.398 e. The summed E-state index contributed by atoms with van der Waals surface area (Å²) < 4.78 is 88.6. The zero-order valence-electron chi connectivity index (χ0n) is 16.5. The first-order valence-corrected chi connectivity index (χ1v) is 5.93. The van der Waals surface area contributed by atoms with Crippen LogP contribution in [-0.2, 0) is 15.5 Å². The molecule has 0 amide bonds. The Labute approximate surface area is 123 Å². The van der Waals surface area contributed by atoms with Gasteiger partial charge in [0.15, 0.2) is 0 Å². The van der Waals surface area contributed by atoms with E-state index in [0.717, 1.165) is 0 Å². The van der Waals surface area contributed by atoms with Gasteiger partial charge in [0.1, 0.15) is 5.69 Å². The number of hydrogen-bond donors (Lipinski definition) is 0. The lowest BCUT2D eigenvalue weighted by molar-refractivity contribution is -0.141. The first-order valence-electron chi connectivity index (χ1n) is 8.43. The number of nitrogens with zero attached hydrogens (tertiary/aromatic N) is 1. The molecule has 0 aromatic carbocycles. The minimum absolute atomic E-state index is 0.566. The van der Waals surface area contributed by atoms with E-state index < -0.39 is 60.3 Å². The zero-order valence-corrected chi connectivity index (χ0v) is 11.5. The van der Waals surface area contributed by atoms with Gasteiger partial charge in [-0.25, -0.2) is 0 Å². The molecular formula is C13H17BF3NO2. The first-order chi connectivity index (χ1) is 11.0. The third-order valence-electron chi connectivity index (χ3n) is 3.53. The van der Waals surface area contributed by atoms with Crippen LogP contribution in [0.15, 0.2) is 12.1 Å². The van der Waals surface area contributed by atoms with E-state index in [1.165, 1.54) is 0 Å². The van der Waals surface area contributed by atoms with E-state index in [1.54, 1.807) is 27.7 Å². The van der Waals surface area contributed by atoms with Crippen LogP contribution in [0.3, 0.4) is 0 Å². The van der Waals surface area contributed by atoms with Crippen molar-refractivity contribution in [3.8, 4) is 0 Å². The number of hydrogen-bond acceptors (Lipinski definition) is 3. The summed E-state index contributed by atoms with van der Waals surface area (Å²) in [5, 5.41) is 0. The molecule has 0 saturated carbocycles. The largest absolute Gasteiger partial charge is 0.514 e. The highest BCUT2D eigenvalue weighted by Crippen LogP contribution is 2.36. The van der Waals surface area contributed by atoms with Gasteiger partial charge in [-0.1, -0.05) is 6.04 Å². The van der Waals surface area contributed by atoms with Crippen LogP contribution < -0.4 is 5.59 Å². The standard InChI is InChI=1S/C13H17BF3NO2/c1-8-6-7-9(18-10(8)13(15,16)17)14-19-11(2,3)12(4,5)20-14/h6-7H,1-5H3/i1D3,6D,7D. The van der Waals surface area contributed by atoms with Crippen LogP contribution >= 0.6 is 0 Å². The predicted molar refractivity (Wildman–Crippen MR) is 69.7 cm³/mol. The Balaban J connectivity index is 2.69. The van der Waals surface area contributed by atoms with Gasteiger partial charge in [-0.2, -0.15) is 13.2 Å². The van der Waals surface area contributed by atoms with Crippen LogP contribution in [0.2, 0.25) is 0 Å². The van der Waals surface area contributed by atoms with Crippen LogP contribution in [0, 0.1) is 6.85 Å². The van der Waals surface area contributed by atoms with Crippen molar-refractivity contribution in [2.75, 3.05) is 0 Å². The first kappa shape index (κ1) is 9.79. The molecule has 0 atom stereocenters. The molecule has 0 unspecified atom stereocenters. The molecule has 0 N–H and O–H groups in total. The topological polar surface area (TPSA) is 31.4 Å². The third kappa shape index (κ3) is 2.56. The molecule has 0 aliphatic carbocycles. The van der Waals surface area contributed by atoms with E-state index in [1.807, 2.05) is 0 Å².